The second kappa shape index (κ2) is 9.30. The third-order valence-corrected chi connectivity index (χ3v) is 5.18. The third kappa shape index (κ3) is 5.51. The van der Waals surface area contributed by atoms with Crippen molar-refractivity contribution in [3.8, 4) is 0 Å². The molecule has 0 saturated carbocycles. The number of likely N-dealkylation sites (N-methyl/N-ethyl adjacent to an activating group) is 1. The molecule has 148 valence electrons. The molecule has 2 heterocycles. The Morgan fingerprint density at radius 1 is 1.15 bits per heavy atom. The van der Waals surface area contributed by atoms with Gasteiger partial charge in [0.15, 0.2) is 0 Å². The maximum absolute atomic E-state index is 12.4. The zero-order valence-corrected chi connectivity index (χ0v) is 16.3. The number of amides is 2. The van der Waals surface area contributed by atoms with Gasteiger partial charge in [-0.05, 0) is 37.1 Å². The number of morpholine rings is 1. The van der Waals surface area contributed by atoms with Crippen molar-refractivity contribution in [2.24, 2.45) is 0 Å². The zero-order valence-electron chi connectivity index (χ0n) is 16.3. The van der Waals surface area contributed by atoms with E-state index in [9.17, 15) is 9.59 Å². The summed E-state index contributed by atoms with van der Waals surface area (Å²) < 4.78 is 5.37. The summed E-state index contributed by atoms with van der Waals surface area (Å²) in [5.74, 6) is 0.00199. The number of hydrogen-bond acceptors (Lipinski definition) is 5. The molecule has 3 rings (SSSR count). The van der Waals surface area contributed by atoms with E-state index in [1.54, 1.807) is 19.0 Å². The van der Waals surface area contributed by atoms with Crippen molar-refractivity contribution in [2.75, 3.05) is 58.8 Å². The van der Waals surface area contributed by atoms with Gasteiger partial charge in [-0.3, -0.25) is 19.4 Å². The lowest BCUT2D eigenvalue weighted by atomic mass is 10.2. The molecule has 0 unspecified atom stereocenters. The van der Waals surface area contributed by atoms with Crippen molar-refractivity contribution in [1.82, 2.24) is 14.7 Å². The first kappa shape index (κ1) is 19.8. The van der Waals surface area contributed by atoms with Crippen molar-refractivity contribution < 1.29 is 14.3 Å². The van der Waals surface area contributed by atoms with Crippen LogP contribution < -0.4 is 5.32 Å². The van der Waals surface area contributed by atoms with E-state index in [0.29, 0.717) is 0 Å². The van der Waals surface area contributed by atoms with E-state index in [1.165, 1.54) is 5.56 Å². The average Bonchev–Trinajstić information content (AvgIpc) is 3.11. The standard InChI is InChI=1S/C20H30N4O3/c1-22(2)20(26)18-4-3-9-24(18)15-19(25)21-17-7-5-16(6-8-17)14-23-10-12-27-13-11-23/h5-8,18H,3-4,9-15H2,1-2H3,(H,21,25)/t18-/m0/s1. The van der Waals surface area contributed by atoms with Crippen molar-refractivity contribution >= 4 is 17.5 Å². The average molecular weight is 374 g/mol. The molecule has 1 atom stereocenters. The SMILES string of the molecule is CN(C)C(=O)[C@@H]1CCCN1CC(=O)Nc1ccc(CN2CCOCC2)cc1. The smallest absolute Gasteiger partial charge is 0.239 e. The first-order valence-electron chi connectivity index (χ1n) is 9.67. The number of anilines is 1. The van der Waals surface area contributed by atoms with Gasteiger partial charge in [0.25, 0.3) is 0 Å². The molecule has 2 fully saturated rings. The zero-order chi connectivity index (χ0) is 19.2. The third-order valence-electron chi connectivity index (χ3n) is 5.18. The van der Waals surface area contributed by atoms with Gasteiger partial charge >= 0.3 is 0 Å². The summed E-state index contributed by atoms with van der Waals surface area (Å²) in [4.78, 5) is 30.6. The lowest BCUT2D eigenvalue weighted by molar-refractivity contribution is -0.133. The summed E-state index contributed by atoms with van der Waals surface area (Å²) in [5, 5.41) is 2.95. The van der Waals surface area contributed by atoms with Crippen LogP contribution in [0.2, 0.25) is 0 Å². The molecule has 1 aromatic rings. The molecule has 0 aliphatic carbocycles. The number of carbonyl (C=O) groups excluding carboxylic acids is 2. The van der Waals surface area contributed by atoms with Gasteiger partial charge in [0.05, 0.1) is 25.8 Å². The van der Waals surface area contributed by atoms with E-state index in [0.717, 1.165) is 57.9 Å². The Bertz CT molecular complexity index is 641. The topological polar surface area (TPSA) is 65.1 Å². The van der Waals surface area contributed by atoms with Crippen LogP contribution in [0.3, 0.4) is 0 Å². The maximum Gasteiger partial charge on any atom is 0.239 e. The Morgan fingerprint density at radius 3 is 2.52 bits per heavy atom. The summed E-state index contributed by atoms with van der Waals surface area (Å²) in [6.45, 7) is 5.45. The monoisotopic (exact) mass is 374 g/mol. The van der Waals surface area contributed by atoms with Crippen molar-refractivity contribution in [1.29, 1.82) is 0 Å². The molecule has 1 N–H and O–H groups in total. The number of carbonyl (C=O) groups is 2. The molecule has 0 bridgehead atoms. The normalized spacial score (nSPS) is 21.2. The summed E-state index contributed by atoms with van der Waals surface area (Å²) in [5.41, 5.74) is 2.02. The van der Waals surface area contributed by atoms with Gasteiger partial charge in [0.1, 0.15) is 0 Å². The van der Waals surface area contributed by atoms with Gasteiger partial charge < -0.3 is 15.0 Å². The number of nitrogens with zero attached hydrogens (tertiary/aromatic N) is 3. The van der Waals surface area contributed by atoms with Crippen LogP contribution in [-0.4, -0.2) is 86.0 Å². The van der Waals surface area contributed by atoms with Crippen LogP contribution in [0.1, 0.15) is 18.4 Å². The van der Waals surface area contributed by atoms with Crippen LogP contribution in [0.25, 0.3) is 0 Å². The van der Waals surface area contributed by atoms with Crippen LogP contribution in [0.5, 0.6) is 0 Å². The van der Waals surface area contributed by atoms with Gasteiger partial charge in [-0.1, -0.05) is 12.1 Å². The van der Waals surface area contributed by atoms with E-state index < -0.39 is 0 Å². The molecule has 0 aromatic heterocycles. The van der Waals surface area contributed by atoms with Crippen molar-refractivity contribution in [3.05, 3.63) is 29.8 Å². The highest BCUT2D eigenvalue weighted by Crippen LogP contribution is 2.19. The minimum atomic E-state index is -0.179. The highest BCUT2D eigenvalue weighted by atomic mass is 16.5. The molecular weight excluding hydrogens is 344 g/mol. The fourth-order valence-electron chi connectivity index (χ4n) is 3.69. The molecule has 0 spiro atoms. The summed E-state index contributed by atoms with van der Waals surface area (Å²) >= 11 is 0. The minimum absolute atomic E-state index is 0.0746. The predicted molar refractivity (Wildman–Crippen MR) is 104 cm³/mol. The lowest BCUT2D eigenvalue weighted by Gasteiger charge is -2.26. The van der Waals surface area contributed by atoms with E-state index >= 15 is 0 Å². The fraction of sp³-hybridized carbons (Fsp3) is 0.600. The molecule has 0 radical (unpaired) electrons. The van der Waals surface area contributed by atoms with Gasteiger partial charge in [-0.2, -0.15) is 0 Å². The number of rotatable bonds is 6. The van der Waals surface area contributed by atoms with Crippen LogP contribution in [-0.2, 0) is 20.9 Å². The number of benzene rings is 1. The van der Waals surface area contributed by atoms with Crippen LogP contribution in [0.15, 0.2) is 24.3 Å². The largest absolute Gasteiger partial charge is 0.379 e. The molecule has 2 aliphatic heterocycles. The molecule has 2 amide bonds. The number of nitrogens with one attached hydrogen (secondary N) is 1. The van der Waals surface area contributed by atoms with Gasteiger partial charge in [0, 0.05) is 39.4 Å². The Kier molecular flexibility index (Phi) is 6.82. The second-order valence-electron chi connectivity index (χ2n) is 7.49. The second-order valence-corrected chi connectivity index (χ2v) is 7.49. The molecule has 27 heavy (non-hydrogen) atoms. The number of ether oxygens (including phenoxy) is 1. The van der Waals surface area contributed by atoms with Crippen LogP contribution >= 0.6 is 0 Å². The van der Waals surface area contributed by atoms with Gasteiger partial charge in [-0.25, -0.2) is 0 Å². The van der Waals surface area contributed by atoms with Crippen molar-refractivity contribution in [2.45, 2.75) is 25.4 Å². The number of likely N-dealkylation sites (tertiary alicyclic amines) is 1. The quantitative estimate of drug-likeness (QED) is 0.805. The molecular formula is C20H30N4O3. The van der Waals surface area contributed by atoms with E-state index in [2.05, 4.69) is 22.3 Å². The summed E-state index contributed by atoms with van der Waals surface area (Å²) in [6, 6.07) is 7.82. The van der Waals surface area contributed by atoms with Crippen molar-refractivity contribution in [3.63, 3.8) is 0 Å². The Morgan fingerprint density at radius 2 is 1.85 bits per heavy atom. The highest BCUT2D eigenvalue weighted by molar-refractivity contribution is 5.93. The highest BCUT2D eigenvalue weighted by Gasteiger charge is 2.32. The van der Waals surface area contributed by atoms with E-state index in [1.807, 2.05) is 17.0 Å². The van der Waals surface area contributed by atoms with E-state index in [4.69, 9.17) is 4.74 Å². The molecule has 7 nitrogen and oxygen atoms in total. The predicted octanol–water partition coefficient (Wildman–Crippen LogP) is 1.01. The molecule has 2 aliphatic rings. The maximum atomic E-state index is 12.4. The summed E-state index contributed by atoms with van der Waals surface area (Å²) in [6.07, 6.45) is 1.77. The Balaban J connectivity index is 1.49. The fourth-order valence-corrected chi connectivity index (χ4v) is 3.69. The Labute approximate surface area is 161 Å². The first-order chi connectivity index (χ1) is 13.0. The number of hydrogen-bond donors (Lipinski definition) is 1. The summed E-state index contributed by atoms with van der Waals surface area (Å²) in [7, 11) is 3.52. The molecule has 2 saturated heterocycles. The molecule has 1 aromatic carbocycles. The van der Waals surface area contributed by atoms with Crippen LogP contribution in [0.4, 0.5) is 5.69 Å². The Hall–Kier alpha value is -1.96. The lowest BCUT2D eigenvalue weighted by Crippen LogP contribution is -2.45. The first-order valence-corrected chi connectivity index (χ1v) is 9.67. The van der Waals surface area contributed by atoms with Gasteiger partial charge in [0.2, 0.25) is 11.8 Å². The minimum Gasteiger partial charge on any atom is -0.379 e. The van der Waals surface area contributed by atoms with Gasteiger partial charge in [-0.15, -0.1) is 0 Å². The van der Waals surface area contributed by atoms with E-state index in [-0.39, 0.29) is 24.4 Å². The molecule has 7 heteroatoms. The van der Waals surface area contributed by atoms with Crippen LogP contribution in [0, 0.1) is 0 Å².